The van der Waals surface area contributed by atoms with Crippen molar-refractivity contribution in [3.8, 4) is 0 Å². The number of aliphatic carboxylic acids is 1. The largest absolute Gasteiger partial charge is 0.480 e. The highest BCUT2D eigenvalue weighted by molar-refractivity contribution is 5.96. The fourth-order valence-corrected chi connectivity index (χ4v) is 2.44. The van der Waals surface area contributed by atoms with Gasteiger partial charge in [-0.2, -0.15) is 0 Å². The zero-order valence-electron chi connectivity index (χ0n) is 16.1. The number of hydrogen-bond acceptors (Lipinski definition) is 7. The lowest BCUT2D eigenvalue weighted by Gasteiger charge is -2.22. The van der Waals surface area contributed by atoms with E-state index in [1.807, 2.05) is 13.8 Å². The zero-order valence-corrected chi connectivity index (χ0v) is 16.1. The summed E-state index contributed by atoms with van der Waals surface area (Å²) in [5.41, 5.74) is 0.227. The fraction of sp³-hybridized carbons (Fsp3) is 0.474. The Morgan fingerprint density at radius 3 is 2.25 bits per heavy atom. The summed E-state index contributed by atoms with van der Waals surface area (Å²) in [6, 6.07) is 6.14. The molecule has 2 atom stereocenters. The second-order valence-corrected chi connectivity index (χ2v) is 6.52. The SMILES string of the molecule is COC(=O)[C@@H](CCNC(=O)OC(=O)c1ccccc1)N[C@@H](CC(C)C)C(=O)O. The maximum Gasteiger partial charge on any atom is 0.415 e. The van der Waals surface area contributed by atoms with E-state index in [1.54, 1.807) is 18.2 Å². The van der Waals surface area contributed by atoms with Gasteiger partial charge in [0.1, 0.15) is 12.1 Å². The van der Waals surface area contributed by atoms with Gasteiger partial charge in [0.15, 0.2) is 0 Å². The molecule has 0 radical (unpaired) electrons. The Bertz CT molecular complexity index is 676. The highest BCUT2D eigenvalue weighted by Gasteiger charge is 2.27. The van der Waals surface area contributed by atoms with E-state index in [0.717, 1.165) is 0 Å². The molecule has 0 aromatic heterocycles. The molecule has 0 spiro atoms. The molecular weight excluding hydrogens is 368 g/mol. The van der Waals surface area contributed by atoms with Crippen LogP contribution < -0.4 is 10.6 Å². The van der Waals surface area contributed by atoms with Gasteiger partial charge in [0.25, 0.3) is 0 Å². The van der Waals surface area contributed by atoms with Gasteiger partial charge in [-0.15, -0.1) is 0 Å². The standard InChI is InChI=1S/C19H26N2O7/c1-12(2)11-15(16(22)23)21-14(18(25)27-3)9-10-20-19(26)28-17(24)13-7-5-4-6-8-13/h4-8,12,14-15,21H,9-11H2,1-3H3,(H,20,26)(H,22,23)/t14-,15+/m1/s1. The molecular formula is C19H26N2O7. The summed E-state index contributed by atoms with van der Waals surface area (Å²) in [7, 11) is 1.19. The average Bonchev–Trinajstić information content (AvgIpc) is 2.65. The van der Waals surface area contributed by atoms with Crippen LogP contribution in [-0.4, -0.2) is 54.8 Å². The number of carboxylic acid groups (broad SMARTS) is 1. The van der Waals surface area contributed by atoms with Crippen molar-refractivity contribution in [3.05, 3.63) is 35.9 Å². The molecule has 0 aliphatic heterocycles. The number of carbonyl (C=O) groups excluding carboxylic acids is 3. The second-order valence-electron chi connectivity index (χ2n) is 6.52. The summed E-state index contributed by atoms with van der Waals surface area (Å²) in [6.45, 7) is 3.71. The number of methoxy groups -OCH3 is 1. The van der Waals surface area contributed by atoms with E-state index in [2.05, 4.69) is 20.1 Å². The van der Waals surface area contributed by atoms with Crippen LogP contribution in [0.1, 0.15) is 37.0 Å². The Morgan fingerprint density at radius 2 is 1.71 bits per heavy atom. The van der Waals surface area contributed by atoms with E-state index in [9.17, 15) is 24.3 Å². The first-order valence-electron chi connectivity index (χ1n) is 8.86. The van der Waals surface area contributed by atoms with Gasteiger partial charge in [-0.1, -0.05) is 32.0 Å². The van der Waals surface area contributed by atoms with Crippen LogP contribution in [-0.2, 0) is 19.1 Å². The first-order chi connectivity index (χ1) is 13.2. The van der Waals surface area contributed by atoms with Crippen LogP contribution in [0.2, 0.25) is 0 Å². The number of esters is 2. The van der Waals surface area contributed by atoms with Crippen LogP contribution in [0.25, 0.3) is 0 Å². The Morgan fingerprint density at radius 1 is 1.07 bits per heavy atom. The molecule has 9 heteroatoms. The van der Waals surface area contributed by atoms with Gasteiger partial charge in [0.2, 0.25) is 0 Å². The molecule has 0 aliphatic carbocycles. The molecule has 0 saturated heterocycles. The number of hydrogen-bond donors (Lipinski definition) is 3. The van der Waals surface area contributed by atoms with Gasteiger partial charge in [-0.05, 0) is 30.9 Å². The summed E-state index contributed by atoms with van der Waals surface area (Å²) in [4.78, 5) is 46.8. The van der Waals surface area contributed by atoms with Gasteiger partial charge in [-0.25, -0.2) is 9.59 Å². The number of carboxylic acids is 1. The lowest BCUT2D eigenvalue weighted by atomic mass is 10.0. The molecule has 0 heterocycles. The molecule has 1 amide bonds. The predicted octanol–water partition coefficient (Wildman–Crippen LogP) is 1.57. The number of ether oxygens (including phenoxy) is 2. The molecule has 0 saturated carbocycles. The monoisotopic (exact) mass is 394 g/mol. The number of alkyl carbamates (subject to hydrolysis) is 1. The fourth-order valence-electron chi connectivity index (χ4n) is 2.44. The number of rotatable bonds is 10. The van der Waals surface area contributed by atoms with Crippen LogP contribution in [0.15, 0.2) is 30.3 Å². The van der Waals surface area contributed by atoms with Crippen molar-refractivity contribution in [2.75, 3.05) is 13.7 Å². The highest BCUT2D eigenvalue weighted by atomic mass is 16.6. The third-order valence-electron chi connectivity index (χ3n) is 3.79. The predicted molar refractivity (Wildman–Crippen MR) is 99.7 cm³/mol. The minimum Gasteiger partial charge on any atom is -0.480 e. The van der Waals surface area contributed by atoms with Crippen molar-refractivity contribution in [1.82, 2.24) is 10.6 Å². The molecule has 1 aromatic rings. The number of amides is 1. The van der Waals surface area contributed by atoms with Crippen molar-refractivity contribution in [3.63, 3.8) is 0 Å². The lowest BCUT2D eigenvalue weighted by molar-refractivity contribution is -0.145. The highest BCUT2D eigenvalue weighted by Crippen LogP contribution is 2.08. The van der Waals surface area contributed by atoms with Crippen molar-refractivity contribution < 1.29 is 33.8 Å². The molecule has 0 unspecified atom stereocenters. The van der Waals surface area contributed by atoms with Gasteiger partial charge in [0.05, 0.1) is 12.7 Å². The normalized spacial score (nSPS) is 12.7. The quantitative estimate of drug-likeness (QED) is 0.403. The summed E-state index contributed by atoms with van der Waals surface area (Å²) in [5, 5.41) is 14.4. The molecule has 28 heavy (non-hydrogen) atoms. The number of benzene rings is 1. The van der Waals surface area contributed by atoms with Crippen LogP contribution >= 0.6 is 0 Å². The first-order valence-corrected chi connectivity index (χ1v) is 8.86. The minimum atomic E-state index is -1.08. The van der Waals surface area contributed by atoms with Crippen molar-refractivity contribution in [1.29, 1.82) is 0 Å². The van der Waals surface area contributed by atoms with Crippen molar-refractivity contribution in [2.24, 2.45) is 5.92 Å². The molecule has 1 aromatic carbocycles. The molecule has 154 valence electrons. The van der Waals surface area contributed by atoms with Gasteiger partial charge >= 0.3 is 24.0 Å². The van der Waals surface area contributed by atoms with Crippen LogP contribution in [0.3, 0.4) is 0 Å². The van der Waals surface area contributed by atoms with E-state index in [1.165, 1.54) is 19.2 Å². The maximum absolute atomic E-state index is 11.9. The van der Waals surface area contributed by atoms with Gasteiger partial charge < -0.3 is 19.9 Å². The van der Waals surface area contributed by atoms with Crippen LogP contribution in [0, 0.1) is 5.92 Å². The number of carbonyl (C=O) groups is 4. The Balaban J connectivity index is 2.56. The van der Waals surface area contributed by atoms with Crippen molar-refractivity contribution >= 4 is 24.0 Å². The summed E-state index contributed by atoms with van der Waals surface area (Å²) in [5.74, 6) is -2.43. The molecule has 9 nitrogen and oxygen atoms in total. The average molecular weight is 394 g/mol. The third-order valence-corrected chi connectivity index (χ3v) is 3.79. The smallest absolute Gasteiger partial charge is 0.415 e. The Labute approximate surface area is 163 Å². The lowest BCUT2D eigenvalue weighted by Crippen LogP contribution is -2.49. The number of nitrogens with one attached hydrogen (secondary N) is 2. The molecule has 0 fully saturated rings. The first kappa shape index (κ1) is 23.1. The third kappa shape index (κ3) is 8.17. The summed E-state index contributed by atoms with van der Waals surface area (Å²) < 4.78 is 9.34. The molecule has 3 N–H and O–H groups in total. The van der Waals surface area contributed by atoms with Gasteiger partial charge in [-0.3, -0.25) is 14.9 Å². The van der Waals surface area contributed by atoms with Crippen molar-refractivity contribution in [2.45, 2.75) is 38.8 Å². The van der Waals surface area contributed by atoms with E-state index in [-0.39, 0.29) is 24.4 Å². The maximum atomic E-state index is 11.9. The van der Waals surface area contributed by atoms with E-state index < -0.39 is 36.1 Å². The minimum absolute atomic E-state index is 0.0261. The second kappa shape index (κ2) is 11.7. The molecule has 0 bridgehead atoms. The topological polar surface area (TPSA) is 131 Å². The van der Waals surface area contributed by atoms with E-state index >= 15 is 0 Å². The molecule has 0 aliphatic rings. The Kier molecular flexibility index (Phi) is 9.66. The summed E-state index contributed by atoms with van der Waals surface area (Å²) in [6.07, 6.45) is -0.581. The van der Waals surface area contributed by atoms with E-state index in [4.69, 9.17) is 0 Å². The van der Waals surface area contributed by atoms with Crippen LogP contribution in [0.4, 0.5) is 4.79 Å². The zero-order chi connectivity index (χ0) is 21.1. The summed E-state index contributed by atoms with van der Waals surface area (Å²) >= 11 is 0. The van der Waals surface area contributed by atoms with E-state index in [0.29, 0.717) is 6.42 Å². The van der Waals surface area contributed by atoms with Gasteiger partial charge in [0, 0.05) is 6.54 Å². The van der Waals surface area contributed by atoms with Crippen LogP contribution in [0.5, 0.6) is 0 Å². The Hall–Kier alpha value is -2.94. The molecule has 1 rings (SSSR count).